The van der Waals surface area contributed by atoms with Crippen LogP contribution in [0.1, 0.15) is 20.8 Å². The van der Waals surface area contributed by atoms with Crippen LogP contribution in [0.25, 0.3) is 0 Å². The molecule has 0 aliphatic carbocycles. The lowest BCUT2D eigenvalue weighted by Crippen LogP contribution is -2.48. The molecule has 76 valence electrons. The monoisotopic (exact) mass is 203 g/mol. The van der Waals surface area contributed by atoms with Gasteiger partial charge in [-0.25, -0.2) is 9.79 Å². The first kappa shape index (κ1) is 12.5. The van der Waals surface area contributed by atoms with E-state index >= 15 is 0 Å². The molecule has 0 aromatic rings. The first-order valence-electron chi connectivity index (χ1n) is 4.45. The van der Waals surface area contributed by atoms with E-state index in [4.69, 9.17) is 8.85 Å². The number of rotatable bonds is 6. The largest absolute Gasteiger partial charge is 0.393 e. The second-order valence-electron chi connectivity index (χ2n) is 2.78. The highest BCUT2D eigenvalue weighted by molar-refractivity contribution is 6.67. The second kappa shape index (κ2) is 6.04. The third-order valence-electron chi connectivity index (χ3n) is 1.87. The highest BCUT2D eigenvalue weighted by Gasteiger charge is 2.38. The molecule has 4 nitrogen and oxygen atoms in total. The van der Waals surface area contributed by atoms with Gasteiger partial charge in [0.2, 0.25) is 6.08 Å². The Kier molecular flexibility index (Phi) is 5.82. The number of hydrogen-bond donors (Lipinski definition) is 0. The Labute approximate surface area is 80.2 Å². The van der Waals surface area contributed by atoms with Gasteiger partial charge in [0, 0.05) is 13.2 Å². The molecule has 0 amide bonds. The lowest BCUT2D eigenvalue weighted by molar-refractivity contribution is 0.182. The van der Waals surface area contributed by atoms with Crippen LogP contribution in [0.15, 0.2) is 4.99 Å². The molecule has 0 heterocycles. The number of isocyanates is 1. The van der Waals surface area contributed by atoms with Gasteiger partial charge >= 0.3 is 8.56 Å². The van der Waals surface area contributed by atoms with Crippen molar-refractivity contribution in [1.82, 2.24) is 0 Å². The molecular formula is C8H17NO3Si. The van der Waals surface area contributed by atoms with Gasteiger partial charge in [0.25, 0.3) is 0 Å². The van der Waals surface area contributed by atoms with Crippen molar-refractivity contribution in [3.05, 3.63) is 0 Å². The fourth-order valence-electron chi connectivity index (χ4n) is 1.05. The van der Waals surface area contributed by atoms with Crippen LogP contribution in [0.3, 0.4) is 0 Å². The minimum atomic E-state index is -2.30. The van der Waals surface area contributed by atoms with Crippen LogP contribution in [0.4, 0.5) is 0 Å². The molecule has 0 spiro atoms. The fraction of sp³-hybridized carbons (Fsp3) is 0.875. The quantitative estimate of drug-likeness (QED) is 0.372. The molecule has 0 aliphatic heterocycles. The molecule has 1 atom stereocenters. The first-order valence-corrected chi connectivity index (χ1v) is 6.85. The minimum absolute atomic E-state index is 0.204. The maximum atomic E-state index is 10.1. The molecule has 0 aromatic heterocycles. The van der Waals surface area contributed by atoms with Crippen LogP contribution in [0.5, 0.6) is 0 Å². The van der Waals surface area contributed by atoms with Crippen molar-refractivity contribution >= 4 is 14.6 Å². The molecule has 0 radical (unpaired) electrons. The first-order chi connectivity index (χ1) is 6.10. The predicted molar refractivity (Wildman–Crippen MR) is 52.5 cm³/mol. The van der Waals surface area contributed by atoms with E-state index < -0.39 is 8.56 Å². The van der Waals surface area contributed by atoms with E-state index in [0.717, 1.165) is 0 Å². The molecule has 0 saturated carbocycles. The van der Waals surface area contributed by atoms with Gasteiger partial charge in [-0.15, -0.1) is 0 Å². The summed E-state index contributed by atoms with van der Waals surface area (Å²) in [6.07, 6.45) is 1.54. The minimum Gasteiger partial charge on any atom is -0.393 e. The Morgan fingerprint density at radius 3 is 2.15 bits per heavy atom. The summed E-state index contributed by atoms with van der Waals surface area (Å²) in [4.78, 5) is 13.7. The maximum absolute atomic E-state index is 10.1. The average Bonchev–Trinajstić information content (AvgIpc) is 2.05. The summed E-state index contributed by atoms with van der Waals surface area (Å²) in [6.45, 7) is 8.71. The van der Waals surface area contributed by atoms with Gasteiger partial charge in [-0.1, -0.05) is 0 Å². The SMILES string of the molecule is CCO[Si](C)(OCC)C(C)N=C=O. The van der Waals surface area contributed by atoms with Gasteiger partial charge in [0.05, 0.1) is 0 Å². The summed E-state index contributed by atoms with van der Waals surface area (Å²) in [5, 5.41) is 0. The zero-order valence-corrected chi connectivity index (χ0v) is 9.66. The molecule has 0 rings (SSSR count). The van der Waals surface area contributed by atoms with Gasteiger partial charge in [-0.05, 0) is 27.3 Å². The smallest absolute Gasteiger partial charge is 0.361 e. The molecule has 0 bridgehead atoms. The predicted octanol–water partition coefficient (Wildman–Crippen LogP) is 1.39. The molecule has 0 fully saturated rings. The van der Waals surface area contributed by atoms with Gasteiger partial charge < -0.3 is 8.85 Å². The third kappa shape index (κ3) is 3.82. The van der Waals surface area contributed by atoms with Crippen molar-refractivity contribution in [3.63, 3.8) is 0 Å². The summed E-state index contributed by atoms with van der Waals surface area (Å²) >= 11 is 0. The van der Waals surface area contributed by atoms with Crippen LogP contribution in [-0.2, 0) is 13.6 Å². The van der Waals surface area contributed by atoms with Crippen molar-refractivity contribution in [2.24, 2.45) is 4.99 Å². The standard InChI is InChI=1S/C8H17NO3Si/c1-5-11-13(4,12-6-2)8(3)9-7-10/h8H,5-6H2,1-4H3. The third-order valence-corrected chi connectivity index (χ3v) is 5.24. The van der Waals surface area contributed by atoms with Crippen molar-refractivity contribution in [3.8, 4) is 0 Å². The summed E-state index contributed by atoms with van der Waals surface area (Å²) in [7, 11) is -2.30. The van der Waals surface area contributed by atoms with Crippen LogP contribution in [-0.4, -0.2) is 33.5 Å². The summed E-state index contributed by atoms with van der Waals surface area (Å²) in [5.41, 5.74) is -0.204. The molecule has 0 N–H and O–H groups in total. The van der Waals surface area contributed by atoms with Crippen LogP contribution in [0.2, 0.25) is 6.55 Å². The lowest BCUT2D eigenvalue weighted by atomic mass is 10.8. The topological polar surface area (TPSA) is 47.9 Å². The Morgan fingerprint density at radius 1 is 1.38 bits per heavy atom. The van der Waals surface area contributed by atoms with E-state index in [1.807, 2.05) is 27.3 Å². The maximum Gasteiger partial charge on any atom is 0.361 e. The summed E-state index contributed by atoms with van der Waals surface area (Å²) < 4.78 is 11.1. The van der Waals surface area contributed by atoms with E-state index in [9.17, 15) is 4.79 Å². The van der Waals surface area contributed by atoms with E-state index in [-0.39, 0.29) is 5.67 Å². The molecular weight excluding hydrogens is 186 g/mol. The average molecular weight is 203 g/mol. The summed E-state index contributed by atoms with van der Waals surface area (Å²) in [6, 6.07) is 0. The van der Waals surface area contributed by atoms with E-state index in [1.165, 1.54) is 6.08 Å². The Morgan fingerprint density at radius 2 is 1.85 bits per heavy atom. The molecule has 0 saturated heterocycles. The van der Waals surface area contributed by atoms with Crippen molar-refractivity contribution in [2.75, 3.05) is 13.2 Å². The van der Waals surface area contributed by atoms with Crippen LogP contribution >= 0.6 is 0 Å². The zero-order chi connectivity index (χ0) is 10.3. The van der Waals surface area contributed by atoms with Gasteiger partial charge in [0.15, 0.2) is 0 Å². The Bertz CT molecular complexity index is 186. The Balaban J connectivity index is 4.44. The lowest BCUT2D eigenvalue weighted by Gasteiger charge is -2.28. The van der Waals surface area contributed by atoms with Crippen molar-refractivity contribution in [1.29, 1.82) is 0 Å². The molecule has 5 heteroatoms. The number of carbonyl (C=O) groups excluding carboxylic acids is 1. The fourth-order valence-corrected chi connectivity index (χ4v) is 3.05. The van der Waals surface area contributed by atoms with Crippen molar-refractivity contribution < 1.29 is 13.6 Å². The van der Waals surface area contributed by atoms with Gasteiger partial charge in [0.1, 0.15) is 5.67 Å². The normalized spacial score (nSPS) is 13.5. The zero-order valence-electron chi connectivity index (χ0n) is 8.66. The molecule has 1 unspecified atom stereocenters. The summed E-state index contributed by atoms with van der Waals surface area (Å²) in [5.74, 6) is 0. The molecule has 13 heavy (non-hydrogen) atoms. The molecule has 0 aromatic carbocycles. The van der Waals surface area contributed by atoms with E-state index in [2.05, 4.69) is 4.99 Å². The highest BCUT2D eigenvalue weighted by Crippen LogP contribution is 2.14. The second-order valence-corrected chi connectivity index (χ2v) is 6.22. The number of hydrogen-bond acceptors (Lipinski definition) is 4. The number of aliphatic imine (C=N–C) groups is 1. The van der Waals surface area contributed by atoms with E-state index in [1.54, 1.807) is 0 Å². The Hall–Kier alpha value is -0.483. The van der Waals surface area contributed by atoms with Gasteiger partial charge in [-0.3, -0.25) is 0 Å². The van der Waals surface area contributed by atoms with Crippen molar-refractivity contribution in [2.45, 2.75) is 33.0 Å². The van der Waals surface area contributed by atoms with E-state index in [0.29, 0.717) is 13.2 Å². The molecule has 0 aliphatic rings. The van der Waals surface area contributed by atoms with Crippen LogP contribution < -0.4 is 0 Å². The highest BCUT2D eigenvalue weighted by atomic mass is 28.4. The van der Waals surface area contributed by atoms with Crippen LogP contribution in [0, 0.1) is 0 Å². The van der Waals surface area contributed by atoms with Gasteiger partial charge in [-0.2, -0.15) is 0 Å². The number of nitrogens with zero attached hydrogens (tertiary/aromatic N) is 1.